The number of aryl methyl sites for hydroxylation is 2. The standard InChI is InChI=1S/C21H16ClN3O2S/c1-11-3-4-13(7-12(11)2)16-9-28-20-18(16)19(23-10-24-20)25-14-5-6-17(22)15(8-14)21(26)27/h3-10H,1-2H3,(H,26,27)(H,23,24,25). The van der Waals surface area contributed by atoms with Gasteiger partial charge in [0.25, 0.3) is 0 Å². The third kappa shape index (κ3) is 3.32. The van der Waals surface area contributed by atoms with E-state index >= 15 is 0 Å². The van der Waals surface area contributed by atoms with Crippen molar-refractivity contribution in [1.82, 2.24) is 9.97 Å². The van der Waals surface area contributed by atoms with Crippen LogP contribution < -0.4 is 5.32 Å². The predicted molar refractivity (Wildman–Crippen MR) is 114 cm³/mol. The van der Waals surface area contributed by atoms with Crippen LogP contribution in [0.15, 0.2) is 48.1 Å². The van der Waals surface area contributed by atoms with Gasteiger partial charge in [-0.3, -0.25) is 0 Å². The first kappa shape index (κ1) is 18.4. The summed E-state index contributed by atoms with van der Waals surface area (Å²) in [6.45, 7) is 4.17. The zero-order chi connectivity index (χ0) is 19.8. The van der Waals surface area contributed by atoms with Crippen LogP contribution >= 0.6 is 22.9 Å². The molecule has 0 fully saturated rings. The van der Waals surface area contributed by atoms with Gasteiger partial charge in [-0.15, -0.1) is 11.3 Å². The van der Waals surface area contributed by atoms with Crippen LogP contribution in [-0.4, -0.2) is 21.0 Å². The van der Waals surface area contributed by atoms with Gasteiger partial charge in [0.05, 0.1) is 16.0 Å². The lowest BCUT2D eigenvalue weighted by molar-refractivity contribution is 0.0697. The van der Waals surface area contributed by atoms with E-state index < -0.39 is 5.97 Å². The molecule has 0 aliphatic heterocycles. The monoisotopic (exact) mass is 409 g/mol. The molecule has 0 radical (unpaired) electrons. The minimum Gasteiger partial charge on any atom is -0.478 e. The fourth-order valence-corrected chi connectivity index (χ4v) is 4.11. The number of carbonyl (C=O) groups is 1. The molecule has 2 heterocycles. The van der Waals surface area contributed by atoms with E-state index in [0.29, 0.717) is 11.5 Å². The van der Waals surface area contributed by atoms with E-state index in [1.54, 1.807) is 23.5 Å². The Morgan fingerprint density at radius 1 is 1.11 bits per heavy atom. The molecule has 0 unspecified atom stereocenters. The van der Waals surface area contributed by atoms with Crippen molar-refractivity contribution < 1.29 is 9.90 Å². The molecule has 0 saturated carbocycles. The molecule has 0 bridgehead atoms. The van der Waals surface area contributed by atoms with E-state index in [1.807, 2.05) is 0 Å². The molecule has 0 amide bonds. The molecular weight excluding hydrogens is 394 g/mol. The zero-order valence-electron chi connectivity index (χ0n) is 15.2. The maximum absolute atomic E-state index is 11.4. The lowest BCUT2D eigenvalue weighted by atomic mass is 10.0. The second kappa shape index (κ2) is 7.22. The van der Waals surface area contributed by atoms with Gasteiger partial charge in [0, 0.05) is 16.6 Å². The highest BCUT2D eigenvalue weighted by atomic mass is 35.5. The average molecular weight is 410 g/mol. The van der Waals surface area contributed by atoms with Crippen molar-refractivity contribution in [3.05, 3.63) is 69.8 Å². The molecule has 28 heavy (non-hydrogen) atoms. The number of nitrogens with one attached hydrogen (secondary N) is 1. The fraction of sp³-hybridized carbons (Fsp3) is 0.0952. The van der Waals surface area contributed by atoms with Crippen molar-refractivity contribution in [3.63, 3.8) is 0 Å². The number of anilines is 2. The number of fused-ring (bicyclic) bond motifs is 1. The highest BCUT2D eigenvalue weighted by molar-refractivity contribution is 7.17. The Bertz CT molecular complexity index is 1220. The summed E-state index contributed by atoms with van der Waals surface area (Å²) in [6.07, 6.45) is 1.50. The maximum Gasteiger partial charge on any atom is 0.337 e. The van der Waals surface area contributed by atoms with Crippen molar-refractivity contribution in [1.29, 1.82) is 0 Å². The Labute approximate surface area is 170 Å². The summed E-state index contributed by atoms with van der Waals surface area (Å²) < 4.78 is 0. The van der Waals surface area contributed by atoms with Crippen molar-refractivity contribution in [2.75, 3.05) is 5.32 Å². The number of halogens is 1. The number of hydrogen-bond acceptors (Lipinski definition) is 5. The van der Waals surface area contributed by atoms with Gasteiger partial charge in [0.15, 0.2) is 0 Å². The zero-order valence-corrected chi connectivity index (χ0v) is 16.7. The highest BCUT2D eigenvalue weighted by Crippen LogP contribution is 2.38. The quantitative estimate of drug-likeness (QED) is 0.427. The molecule has 2 aromatic carbocycles. The molecule has 0 atom stereocenters. The summed E-state index contributed by atoms with van der Waals surface area (Å²) in [5, 5.41) is 15.7. The summed E-state index contributed by atoms with van der Waals surface area (Å²) in [5.74, 6) is -0.453. The Kier molecular flexibility index (Phi) is 4.75. The van der Waals surface area contributed by atoms with Gasteiger partial charge in [0.2, 0.25) is 0 Å². The number of benzene rings is 2. The van der Waals surface area contributed by atoms with Crippen LogP contribution in [0.25, 0.3) is 21.3 Å². The lowest BCUT2D eigenvalue weighted by Gasteiger charge is -2.10. The third-order valence-electron chi connectivity index (χ3n) is 4.65. The summed E-state index contributed by atoms with van der Waals surface area (Å²) in [5.41, 5.74) is 5.22. The molecule has 2 N–H and O–H groups in total. The largest absolute Gasteiger partial charge is 0.478 e. The van der Waals surface area contributed by atoms with E-state index in [4.69, 9.17) is 11.6 Å². The third-order valence-corrected chi connectivity index (χ3v) is 5.86. The highest BCUT2D eigenvalue weighted by Gasteiger charge is 2.15. The van der Waals surface area contributed by atoms with Gasteiger partial charge in [0.1, 0.15) is 17.0 Å². The molecule has 2 aromatic heterocycles. The van der Waals surface area contributed by atoms with Crippen LogP contribution in [0.5, 0.6) is 0 Å². The van der Waals surface area contributed by atoms with Gasteiger partial charge >= 0.3 is 5.97 Å². The Morgan fingerprint density at radius 3 is 2.68 bits per heavy atom. The van der Waals surface area contributed by atoms with Crippen LogP contribution in [0.2, 0.25) is 5.02 Å². The summed E-state index contributed by atoms with van der Waals surface area (Å²) >= 11 is 7.52. The number of thiophene rings is 1. The molecule has 4 aromatic rings. The minimum absolute atomic E-state index is 0.0386. The van der Waals surface area contributed by atoms with Gasteiger partial charge in [-0.25, -0.2) is 14.8 Å². The number of hydrogen-bond donors (Lipinski definition) is 2. The molecule has 0 aliphatic rings. The second-order valence-electron chi connectivity index (χ2n) is 6.48. The minimum atomic E-state index is -1.08. The predicted octanol–water partition coefficient (Wildman–Crippen LogP) is 6.07. The van der Waals surface area contributed by atoms with E-state index in [9.17, 15) is 9.90 Å². The van der Waals surface area contributed by atoms with E-state index in [0.717, 1.165) is 21.3 Å². The molecule has 0 spiro atoms. The lowest BCUT2D eigenvalue weighted by Crippen LogP contribution is -2.00. The normalized spacial score (nSPS) is 11.0. The SMILES string of the molecule is Cc1ccc(-c2csc3ncnc(Nc4ccc(Cl)c(C(=O)O)c4)c23)cc1C. The van der Waals surface area contributed by atoms with E-state index in [-0.39, 0.29) is 10.6 Å². The number of carboxylic acid groups (broad SMARTS) is 1. The summed E-state index contributed by atoms with van der Waals surface area (Å²) in [4.78, 5) is 21.0. The maximum atomic E-state index is 11.4. The van der Waals surface area contributed by atoms with Crippen LogP contribution in [0.1, 0.15) is 21.5 Å². The van der Waals surface area contributed by atoms with Crippen LogP contribution in [0.3, 0.4) is 0 Å². The number of aromatic nitrogens is 2. The summed E-state index contributed by atoms with van der Waals surface area (Å²) in [6, 6.07) is 11.1. The van der Waals surface area contributed by atoms with Crippen molar-refractivity contribution >= 4 is 50.6 Å². The summed E-state index contributed by atoms with van der Waals surface area (Å²) in [7, 11) is 0. The van der Waals surface area contributed by atoms with Crippen LogP contribution in [0.4, 0.5) is 11.5 Å². The molecule has 0 aliphatic carbocycles. The van der Waals surface area contributed by atoms with Gasteiger partial charge in [-0.05, 0) is 48.7 Å². The first-order valence-corrected chi connectivity index (χ1v) is 9.79. The molecule has 4 rings (SSSR count). The number of carboxylic acids is 1. The first-order chi connectivity index (χ1) is 13.4. The van der Waals surface area contributed by atoms with E-state index in [2.05, 4.69) is 52.7 Å². The van der Waals surface area contributed by atoms with Crippen molar-refractivity contribution in [2.24, 2.45) is 0 Å². The molecule has 7 heteroatoms. The second-order valence-corrected chi connectivity index (χ2v) is 7.74. The van der Waals surface area contributed by atoms with Gasteiger partial charge in [-0.2, -0.15) is 0 Å². The average Bonchev–Trinajstić information content (AvgIpc) is 3.10. The van der Waals surface area contributed by atoms with E-state index in [1.165, 1.54) is 23.5 Å². The number of aromatic carboxylic acids is 1. The molecule has 0 saturated heterocycles. The van der Waals surface area contributed by atoms with Crippen LogP contribution in [0, 0.1) is 13.8 Å². The number of nitrogens with zero attached hydrogens (tertiary/aromatic N) is 2. The van der Waals surface area contributed by atoms with Crippen molar-refractivity contribution in [3.8, 4) is 11.1 Å². The molecular formula is C21H16ClN3O2S. The molecule has 5 nitrogen and oxygen atoms in total. The van der Waals surface area contributed by atoms with Crippen molar-refractivity contribution in [2.45, 2.75) is 13.8 Å². The van der Waals surface area contributed by atoms with Gasteiger partial charge < -0.3 is 10.4 Å². The Balaban J connectivity index is 1.82. The van der Waals surface area contributed by atoms with Gasteiger partial charge in [-0.1, -0.05) is 29.8 Å². The number of rotatable bonds is 4. The molecule has 140 valence electrons. The smallest absolute Gasteiger partial charge is 0.337 e. The Morgan fingerprint density at radius 2 is 1.93 bits per heavy atom. The Hall–Kier alpha value is -2.96. The first-order valence-electron chi connectivity index (χ1n) is 8.53. The van der Waals surface area contributed by atoms with Crippen LogP contribution in [-0.2, 0) is 0 Å². The fourth-order valence-electron chi connectivity index (χ4n) is 2.99. The topological polar surface area (TPSA) is 75.1 Å².